The second kappa shape index (κ2) is 3.48. The lowest BCUT2D eigenvalue weighted by Gasteiger charge is -2.03. The number of rotatable bonds is 1. The molecule has 0 amide bonds. The van der Waals surface area contributed by atoms with Gasteiger partial charge in [-0.3, -0.25) is 0 Å². The van der Waals surface area contributed by atoms with Crippen LogP contribution in [-0.4, -0.2) is 10.1 Å². The first kappa shape index (κ1) is 9.14. The maximum absolute atomic E-state index is 5.71. The Morgan fingerprint density at radius 3 is 2.93 bits per heavy atom. The van der Waals surface area contributed by atoms with Gasteiger partial charge in [-0.15, -0.1) is 0 Å². The SMILES string of the molecule is Ic1noc(C2Cc3ccccc3O2)n1. The van der Waals surface area contributed by atoms with Crippen molar-refractivity contribution in [1.82, 2.24) is 10.1 Å². The highest BCUT2D eigenvalue weighted by Gasteiger charge is 2.28. The Hall–Kier alpha value is -1.11. The number of para-hydroxylation sites is 1. The van der Waals surface area contributed by atoms with Crippen LogP contribution in [0.4, 0.5) is 0 Å². The van der Waals surface area contributed by atoms with Crippen LogP contribution < -0.4 is 4.74 Å². The van der Waals surface area contributed by atoms with Crippen LogP contribution in [0, 0.1) is 3.83 Å². The quantitative estimate of drug-likeness (QED) is 0.758. The monoisotopic (exact) mass is 314 g/mol. The summed E-state index contributed by atoms with van der Waals surface area (Å²) in [7, 11) is 0. The Balaban J connectivity index is 1.90. The zero-order valence-electron chi connectivity index (χ0n) is 7.68. The summed E-state index contributed by atoms with van der Waals surface area (Å²) < 4.78 is 11.4. The van der Waals surface area contributed by atoms with Crippen LogP contribution >= 0.6 is 22.6 Å². The summed E-state index contributed by atoms with van der Waals surface area (Å²) in [5.74, 6) is 1.46. The standard InChI is InChI=1S/C10H7IN2O2/c11-10-12-9(15-13-10)8-5-6-3-1-2-4-7(6)14-8/h1-4,8H,5H2. The Bertz CT molecular complexity index is 473. The molecule has 1 aliphatic rings. The van der Waals surface area contributed by atoms with E-state index in [0.717, 1.165) is 12.2 Å². The van der Waals surface area contributed by atoms with E-state index in [1.165, 1.54) is 5.56 Å². The first-order valence-corrected chi connectivity index (χ1v) is 5.64. The largest absolute Gasteiger partial charge is 0.480 e. The van der Waals surface area contributed by atoms with E-state index in [1.807, 2.05) is 40.8 Å². The van der Waals surface area contributed by atoms with Crippen LogP contribution in [0.3, 0.4) is 0 Å². The average molecular weight is 314 g/mol. The highest BCUT2D eigenvalue weighted by atomic mass is 127. The molecule has 1 aromatic heterocycles. The lowest BCUT2D eigenvalue weighted by atomic mass is 10.1. The molecule has 0 radical (unpaired) electrons. The van der Waals surface area contributed by atoms with E-state index in [2.05, 4.69) is 16.2 Å². The van der Waals surface area contributed by atoms with Gasteiger partial charge in [0.25, 0.3) is 5.89 Å². The van der Waals surface area contributed by atoms with E-state index in [0.29, 0.717) is 9.72 Å². The molecule has 2 heterocycles. The molecule has 0 fully saturated rings. The van der Waals surface area contributed by atoms with Crippen LogP contribution in [0.2, 0.25) is 0 Å². The third-order valence-electron chi connectivity index (χ3n) is 2.34. The zero-order valence-corrected chi connectivity index (χ0v) is 9.84. The van der Waals surface area contributed by atoms with Gasteiger partial charge in [-0.1, -0.05) is 23.4 Å². The molecule has 0 saturated heterocycles. The van der Waals surface area contributed by atoms with Crippen molar-refractivity contribution in [3.8, 4) is 5.75 Å². The maximum atomic E-state index is 5.71. The second-order valence-electron chi connectivity index (χ2n) is 3.32. The van der Waals surface area contributed by atoms with Crippen LogP contribution in [0.1, 0.15) is 17.6 Å². The second-order valence-corrected chi connectivity index (χ2v) is 4.28. The third-order valence-corrected chi connectivity index (χ3v) is 2.78. The van der Waals surface area contributed by atoms with Crippen molar-refractivity contribution >= 4 is 22.6 Å². The molecule has 4 nitrogen and oxygen atoms in total. The van der Waals surface area contributed by atoms with E-state index >= 15 is 0 Å². The molecule has 15 heavy (non-hydrogen) atoms. The number of aromatic nitrogens is 2. The van der Waals surface area contributed by atoms with Crippen molar-refractivity contribution in [2.45, 2.75) is 12.5 Å². The predicted molar refractivity (Wildman–Crippen MR) is 60.5 cm³/mol. The van der Waals surface area contributed by atoms with Crippen molar-refractivity contribution in [3.05, 3.63) is 39.6 Å². The summed E-state index contributed by atoms with van der Waals surface area (Å²) in [5, 5.41) is 3.74. The van der Waals surface area contributed by atoms with Gasteiger partial charge in [-0.05, 0) is 11.6 Å². The first-order valence-electron chi connectivity index (χ1n) is 4.56. The summed E-state index contributed by atoms with van der Waals surface area (Å²) in [5.41, 5.74) is 1.19. The Morgan fingerprint density at radius 1 is 1.33 bits per heavy atom. The Labute approximate surface area is 99.8 Å². The number of ether oxygens (including phenoxy) is 1. The minimum atomic E-state index is -0.126. The molecule has 76 valence electrons. The summed E-state index contributed by atoms with van der Waals surface area (Å²) in [6.45, 7) is 0. The minimum absolute atomic E-state index is 0.126. The average Bonchev–Trinajstić information content (AvgIpc) is 2.82. The summed E-state index contributed by atoms with van der Waals surface area (Å²) in [4.78, 5) is 4.16. The van der Waals surface area contributed by atoms with E-state index in [9.17, 15) is 0 Å². The van der Waals surface area contributed by atoms with Crippen molar-refractivity contribution in [1.29, 1.82) is 0 Å². The van der Waals surface area contributed by atoms with E-state index in [1.54, 1.807) is 0 Å². The Morgan fingerprint density at radius 2 is 2.20 bits per heavy atom. The van der Waals surface area contributed by atoms with Gasteiger partial charge in [0.1, 0.15) is 5.75 Å². The first-order chi connectivity index (χ1) is 7.33. The molecule has 0 spiro atoms. The molecule has 1 aliphatic heterocycles. The molecule has 2 aromatic rings. The predicted octanol–water partition coefficient (Wildman–Crippen LogP) is 2.35. The van der Waals surface area contributed by atoms with Crippen molar-refractivity contribution in [3.63, 3.8) is 0 Å². The lowest BCUT2D eigenvalue weighted by molar-refractivity contribution is 0.183. The van der Waals surface area contributed by atoms with Crippen LogP contribution in [0.15, 0.2) is 28.8 Å². The molecular weight excluding hydrogens is 307 g/mol. The minimum Gasteiger partial charge on any atom is -0.480 e. The number of hydrogen-bond donors (Lipinski definition) is 0. The van der Waals surface area contributed by atoms with E-state index < -0.39 is 0 Å². The summed E-state index contributed by atoms with van der Waals surface area (Å²) >= 11 is 2.02. The fourth-order valence-electron chi connectivity index (χ4n) is 1.67. The molecule has 1 aromatic carbocycles. The fourth-order valence-corrected chi connectivity index (χ4v) is 2.00. The smallest absolute Gasteiger partial charge is 0.268 e. The Kier molecular flexibility index (Phi) is 2.12. The summed E-state index contributed by atoms with van der Waals surface area (Å²) in [6.07, 6.45) is 0.674. The molecule has 0 bridgehead atoms. The van der Waals surface area contributed by atoms with Gasteiger partial charge in [-0.2, -0.15) is 4.98 Å². The molecule has 5 heteroatoms. The van der Waals surface area contributed by atoms with Gasteiger partial charge >= 0.3 is 0 Å². The lowest BCUT2D eigenvalue weighted by Crippen LogP contribution is -2.03. The van der Waals surface area contributed by atoms with E-state index in [4.69, 9.17) is 9.26 Å². The van der Waals surface area contributed by atoms with Crippen molar-refractivity contribution < 1.29 is 9.26 Å². The molecule has 1 atom stereocenters. The molecular formula is C10H7IN2O2. The fraction of sp³-hybridized carbons (Fsp3) is 0.200. The van der Waals surface area contributed by atoms with Gasteiger partial charge in [0, 0.05) is 29.0 Å². The van der Waals surface area contributed by atoms with Gasteiger partial charge in [0.15, 0.2) is 6.10 Å². The van der Waals surface area contributed by atoms with Gasteiger partial charge in [0.2, 0.25) is 3.83 Å². The number of nitrogens with zero attached hydrogens (tertiary/aromatic N) is 2. The number of benzene rings is 1. The molecule has 0 saturated carbocycles. The molecule has 1 unspecified atom stereocenters. The highest BCUT2D eigenvalue weighted by Crippen LogP contribution is 2.35. The highest BCUT2D eigenvalue weighted by molar-refractivity contribution is 14.1. The number of fused-ring (bicyclic) bond motifs is 1. The van der Waals surface area contributed by atoms with Crippen molar-refractivity contribution in [2.75, 3.05) is 0 Å². The zero-order chi connectivity index (χ0) is 10.3. The number of hydrogen-bond acceptors (Lipinski definition) is 4. The normalized spacial score (nSPS) is 18.6. The molecule has 3 rings (SSSR count). The molecule has 0 N–H and O–H groups in total. The third kappa shape index (κ3) is 1.60. The summed E-state index contributed by atoms with van der Waals surface area (Å²) in [6, 6.07) is 7.97. The van der Waals surface area contributed by atoms with Crippen LogP contribution in [-0.2, 0) is 6.42 Å². The molecule has 0 aliphatic carbocycles. The topological polar surface area (TPSA) is 48.2 Å². The van der Waals surface area contributed by atoms with E-state index in [-0.39, 0.29) is 6.10 Å². The van der Waals surface area contributed by atoms with Crippen molar-refractivity contribution in [2.24, 2.45) is 0 Å². The van der Waals surface area contributed by atoms with Gasteiger partial charge in [-0.25, -0.2) is 0 Å². The number of halogens is 1. The van der Waals surface area contributed by atoms with Gasteiger partial charge < -0.3 is 9.26 Å². The van der Waals surface area contributed by atoms with Crippen LogP contribution in [0.25, 0.3) is 0 Å². The maximum Gasteiger partial charge on any atom is 0.268 e. The van der Waals surface area contributed by atoms with Gasteiger partial charge in [0.05, 0.1) is 0 Å². The van der Waals surface area contributed by atoms with Crippen LogP contribution in [0.5, 0.6) is 5.75 Å².